The van der Waals surface area contributed by atoms with Gasteiger partial charge in [0.05, 0.1) is 23.7 Å². The summed E-state index contributed by atoms with van der Waals surface area (Å²) in [4.78, 5) is 31.3. The van der Waals surface area contributed by atoms with E-state index in [2.05, 4.69) is 17.0 Å². The van der Waals surface area contributed by atoms with E-state index >= 15 is 0 Å². The number of allylic oxidation sites excluding steroid dienone is 1. The smallest absolute Gasteiger partial charge is 0.282 e. The predicted octanol–water partition coefficient (Wildman–Crippen LogP) is 7.15. The zero-order chi connectivity index (χ0) is 32.0. The number of amides is 1. The number of hydrogen-bond donors (Lipinski definition) is 1. The van der Waals surface area contributed by atoms with Crippen LogP contribution in [0.25, 0.3) is 33.5 Å². The molecular formula is C37H32N4O5. The van der Waals surface area contributed by atoms with Crippen LogP contribution in [0.5, 0.6) is 11.5 Å². The van der Waals surface area contributed by atoms with Gasteiger partial charge >= 0.3 is 0 Å². The summed E-state index contributed by atoms with van der Waals surface area (Å²) in [5.74, 6) is 1.26. The Morgan fingerprint density at radius 1 is 1.02 bits per heavy atom. The molecule has 1 amide bonds. The maximum Gasteiger partial charge on any atom is 0.282 e. The van der Waals surface area contributed by atoms with E-state index in [9.17, 15) is 9.59 Å². The van der Waals surface area contributed by atoms with Crippen molar-refractivity contribution < 1.29 is 18.7 Å². The fourth-order valence-electron chi connectivity index (χ4n) is 5.14. The molecule has 230 valence electrons. The van der Waals surface area contributed by atoms with Gasteiger partial charge in [0.1, 0.15) is 5.58 Å². The van der Waals surface area contributed by atoms with Gasteiger partial charge in [0.2, 0.25) is 5.82 Å². The molecule has 0 bridgehead atoms. The molecule has 0 spiro atoms. The fraction of sp³-hybridized carbons (Fsp3) is 0.135. The van der Waals surface area contributed by atoms with Gasteiger partial charge in [0.25, 0.3) is 11.5 Å². The summed E-state index contributed by atoms with van der Waals surface area (Å²) in [6.07, 6.45) is 3.75. The fourth-order valence-corrected chi connectivity index (χ4v) is 5.14. The van der Waals surface area contributed by atoms with Crippen molar-refractivity contribution in [1.29, 1.82) is 0 Å². The molecule has 1 N–H and O–H groups in total. The van der Waals surface area contributed by atoms with Crippen LogP contribution in [-0.4, -0.2) is 35.0 Å². The van der Waals surface area contributed by atoms with Gasteiger partial charge in [-0.25, -0.2) is 4.98 Å². The third-order valence-corrected chi connectivity index (χ3v) is 7.31. The summed E-state index contributed by atoms with van der Waals surface area (Å²) in [5, 5.41) is 8.80. The number of anilines is 1. The highest BCUT2D eigenvalue weighted by atomic mass is 16.5. The van der Waals surface area contributed by atoms with Crippen molar-refractivity contribution in [1.82, 2.24) is 9.66 Å². The Hall–Kier alpha value is -5.96. The molecule has 0 unspecified atom stereocenters. The summed E-state index contributed by atoms with van der Waals surface area (Å²) >= 11 is 0. The number of furan rings is 1. The van der Waals surface area contributed by atoms with Crippen LogP contribution in [0.4, 0.5) is 5.69 Å². The molecule has 0 aliphatic rings. The highest BCUT2D eigenvalue weighted by Gasteiger charge is 2.18. The van der Waals surface area contributed by atoms with E-state index in [4.69, 9.17) is 18.9 Å². The molecule has 2 aromatic heterocycles. The van der Waals surface area contributed by atoms with Crippen molar-refractivity contribution in [2.45, 2.75) is 20.3 Å². The highest BCUT2D eigenvalue weighted by molar-refractivity contribution is 5.92. The van der Waals surface area contributed by atoms with Crippen LogP contribution in [-0.2, 0) is 11.2 Å². The molecule has 4 aromatic carbocycles. The monoisotopic (exact) mass is 612 g/mol. The van der Waals surface area contributed by atoms with Crippen molar-refractivity contribution in [3.63, 3.8) is 0 Å². The minimum absolute atomic E-state index is 0.217. The van der Waals surface area contributed by atoms with Gasteiger partial charge in [0, 0.05) is 16.6 Å². The van der Waals surface area contributed by atoms with E-state index in [1.807, 2.05) is 80.6 Å². The molecule has 0 saturated carbocycles. The van der Waals surface area contributed by atoms with Crippen molar-refractivity contribution >= 4 is 39.7 Å². The number of para-hydroxylation sites is 3. The second-order valence-electron chi connectivity index (χ2n) is 10.5. The molecule has 9 heteroatoms. The van der Waals surface area contributed by atoms with Crippen LogP contribution in [0.15, 0.2) is 118 Å². The normalized spacial score (nSPS) is 11.3. The lowest BCUT2D eigenvalue weighted by atomic mass is 10.1. The van der Waals surface area contributed by atoms with E-state index in [1.165, 1.54) is 4.68 Å². The quantitative estimate of drug-likeness (QED) is 0.123. The Kier molecular flexibility index (Phi) is 8.73. The standard InChI is InChI=1S/C37H32N4O5/c1-4-12-27-19-25(20-32(44-5-2)35(27)45-23-34(42)39-29-16-9-6-13-24(29)3)22-38-41-36(33-21-26-14-7-11-18-31(26)46-33)40-30-17-10-8-15-28(30)37(41)43/h4,6-11,13-22H,1,5,12,23H2,2-3H3,(H,39,42). The van der Waals surface area contributed by atoms with Crippen LogP contribution in [0.3, 0.4) is 0 Å². The lowest BCUT2D eigenvalue weighted by molar-refractivity contribution is -0.118. The zero-order valence-corrected chi connectivity index (χ0v) is 25.5. The lowest BCUT2D eigenvalue weighted by Gasteiger charge is -2.17. The van der Waals surface area contributed by atoms with E-state index in [0.29, 0.717) is 52.3 Å². The molecule has 46 heavy (non-hydrogen) atoms. The molecule has 6 aromatic rings. The molecule has 2 heterocycles. The van der Waals surface area contributed by atoms with E-state index < -0.39 is 0 Å². The van der Waals surface area contributed by atoms with Crippen molar-refractivity contribution in [3.05, 3.63) is 131 Å². The van der Waals surface area contributed by atoms with E-state index in [-0.39, 0.29) is 23.9 Å². The Morgan fingerprint density at radius 2 is 1.80 bits per heavy atom. The molecule has 0 atom stereocenters. The maximum atomic E-state index is 13.7. The third-order valence-electron chi connectivity index (χ3n) is 7.31. The van der Waals surface area contributed by atoms with Gasteiger partial charge in [0.15, 0.2) is 23.9 Å². The predicted molar refractivity (Wildman–Crippen MR) is 181 cm³/mol. The maximum absolute atomic E-state index is 13.7. The van der Waals surface area contributed by atoms with Gasteiger partial charge in [-0.1, -0.05) is 54.6 Å². The lowest BCUT2D eigenvalue weighted by Crippen LogP contribution is -2.21. The second-order valence-corrected chi connectivity index (χ2v) is 10.5. The summed E-state index contributed by atoms with van der Waals surface area (Å²) in [6.45, 7) is 7.82. The summed E-state index contributed by atoms with van der Waals surface area (Å²) < 4.78 is 19.3. The van der Waals surface area contributed by atoms with E-state index in [0.717, 1.165) is 22.2 Å². The molecule has 0 aliphatic carbocycles. The largest absolute Gasteiger partial charge is 0.490 e. The third kappa shape index (κ3) is 6.30. The van der Waals surface area contributed by atoms with Gasteiger partial charge in [-0.05, 0) is 73.9 Å². The van der Waals surface area contributed by atoms with Crippen molar-refractivity contribution in [2.24, 2.45) is 5.10 Å². The number of carbonyl (C=O) groups excluding carboxylic acids is 1. The highest BCUT2D eigenvalue weighted by Crippen LogP contribution is 2.34. The van der Waals surface area contributed by atoms with Crippen LogP contribution >= 0.6 is 0 Å². The van der Waals surface area contributed by atoms with E-state index in [1.54, 1.807) is 36.6 Å². The summed E-state index contributed by atoms with van der Waals surface area (Å²) in [6, 6.07) is 27.7. The summed E-state index contributed by atoms with van der Waals surface area (Å²) in [7, 11) is 0. The zero-order valence-electron chi connectivity index (χ0n) is 25.5. The summed E-state index contributed by atoms with van der Waals surface area (Å²) in [5.41, 5.74) is 3.93. The number of hydrogen-bond acceptors (Lipinski definition) is 7. The van der Waals surface area contributed by atoms with Crippen LogP contribution in [0, 0.1) is 6.92 Å². The first-order valence-corrected chi connectivity index (χ1v) is 14.9. The Bertz CT molecular complexity index is 2130. The number of aryl methyl sites for hydroxylation is 1. The number of carbonyl (C=O) groups is 1. The van der Waals surface area contributed by atoms with Gasteiger partial charge in [-0.2, -0.15) is 9.78 Å². The molecule has 0 saturated heterocycles. The van der Waals surface area contributed by atoms with Crippen LogP contribution in [0.1, 0.15) is 23.6 Å². The number of nitrogens with zero attached hydrogens (tertiary/aromatic N) is 3. The number of aromatic nitrogens is 2. The Morgan fingerprint density at radius 3 is 2.61 bits per heavy atom. The number of benzene rings is 4. The number of nitrogens with one attached hydrogen (secondary N) is 1. The molecule has 0 fully saturated rings. The minimum atomic E-state index is -0.340. The molecule has 0 aliphatic heterocycles. The average Bonchev–Trinajstić information content (AvgIpc) is 3.50. The Labute approximate surface area is 265 Å². The number of fused-ring (bicyclic) bond motifs is 2. The van der Waals surface area contributed by atoms with Crippen molar-refractivity contribution in [2.75, 3.05) is 18.5 Å². The van der Waals surface area contributed by atoms with Crippen LogP contribution < -0.4 is 20.3 Å². The molecule has 0 radical (unpaired) electrons. The minimum Gasteiger partial charge on any atom is -0.490 e. The first kappa shape index (κ1) is 30.1. The van der Waals surface area contributed by atoms with Crippen LogP contribution in [0.2, 0.25) is 0 Å². The topological polar surface area (TPSA) is 108 Å². The first-order valence-electron chi connectivity index (χ1n) is 14.9. The number of ether oxygens (including phenoxy) is 2. The number of rotatable bonds is 11. The van der Waals surface area contributed by atoms with Gasteiger partial charge < -0.3 is 19.2 Å². The average molecular weight is 613 g/mol. The second kappa shape index (κ2) is 13.4. The molecular weight excluding hydrogens is 580 g/mol. The molecule has 9 nitrogen and oxygen atoms in total. The van der Waals surface area contributed by atoms with Gasteiger partial charge in [-0.3, -0.25) is 9.59 Å². The van der Waals surface area contributed by atoms with Gasteiger partial charge in [-0.15, -0.1) is 6.58 Å². The first-order chi connectivity index (χ1) is 22.4. The van der Waals surface area contributed by atoms with Crippen molar-refractivity contribution in [3.8, 4) is 23.1 Å². The Balaban J connectivity index is 1.37. The molecule has 6 rings (SSSR count). The SMILES string of the molecule is C=CCc1cc(C=Nn2c(-c3cc4ccccc4o3)nc3ccccc3c2=O)cc(OCC)c1OCC(=O)Nc1ccccc1C.